The van der Waals surface area contributed by atoms with Gasteiger partial charge in [-0.1, -0.05) is 64.2 Å². The molecule has 0 bridgehead atoms. The number of amides is 8. The monoisotopic (exact) mass is 1050 g/mol. The van der Waals surface area contributed by atoms with Gasteiger partial charge in [0.2, 0.25) is 0 Å². The summed E-state index contributed by atoms with van der Waals surface area (Å²) in [7, 11) is 0. The molecule has 0 saturated carbocycles. The van der Waals surface area contributed by atoms with Crippen LogP contribution in [0.5, 0.6) is 0 Å². The molecule has 20 nitrogen and oxygen atoms in total. The maximum absolute atomic E-state index is 11.5. The molecule has 0 spiro atoms. The fraction of sp³-hybridized carbons (Fsp3) is 0.600. The molecule has 21 heteroatoms. The van der Waals surface area contributed by atoms with E-state index in [1.165, 1.54) is 43.9 Å². The van der Waals surface area contributed by atoms with E-state index in [2.05, 4.69) is 0 Å². The summed E-state index contributed by atoms with van der Waals surface area (Å²) in [6, 6.07) is 0. The molecule has 0 aromatic carbocycles. The van der Waals surface area contributed by atoms with Crippen molar-refractivity contribution in [2.45, 2.75) is 169 Å². The third kappa shape index (κ3) is 26.7. The number of hydrogen-bond acceptors (Lipinski definition) is 12. The van der Waals surface area contributed by atoms with Crippen LogP contribution in [0.1, 0.15) is 169 Å². The van der Waals surface area contributed by atoms with Crippen molar-refractivity contribution in [3.63, 3.8) is 0 Å². The minimum atomic E-state index is -0.783. The van der Waals surface area contributed by atoms with E-state index in [1.54, 1.807) is 27.7 Å². The van der Waals surface area contributed by atoms with Crippen LogP contribution in [-0.4, -0.2) is 137 Å². The summed E-state index contributed by atoms with van der Waals surface area (Å²) in [6.07, 6.45) is 20.7. The van der Waals surface area contributed by atoms with E-state index < -0.39 is 23.9 Å². The zero-order valence-corrected chi connectivity index (χ0v) is 44.8. The van der Waals surface area contributed by atoms with Gasteiger partial charge in [-0.25, -0.2) is 0 Å². The average molecular weight is 1050 g/mol. The maximum atomic E-state index is 11.5. The molecule has 0 atom stereocenters. The van der Waals surface area contributed by atoms with Crippen molar-refractivity contribution in [1.82, 2.24) is 19.6 Å². The van der Waals surface area contributed by atoms with Gasteiger partial charge in [0.25, 0.3) is 47.3 Å². The molecule has 390 valence electrons. The van der Waals surface area contributed by atoms with Crippen molar-refractivity contribution >= 4 is 71.1 Å². The van der Waals surface area contributed by atoms with Gasteiger partial charge >= 0.3 is 23.9 Å². The number of carbonyl (C=O) groups is 12. The maximum Gasteiger partial charge on any atom is 0.303 e. The first-order chi connectivity index (χ1) is 33.1. The van der Waals surface area contributed by atoms with Gasteiger partial charge in [0.15, 0.2) is 0 Å². The van der Waals surface area contributed by atoms with Crippen LogP contribution in [0.2, 0.25) is 0 Å². The molecule has 0 aromatic heterocycles. The minimum Gasteiger partial charge on any atom is -0.481 e. The SMILES string of the molecule is CC1=CC(=O)N(CCCCCCC(=O)O)C1=O.CC1=CC(=O)N(CCCCCCC(=O)O)C1=O.CC1=CC(=O)N(CCCCCCCC(=O)O)C1=O.CC1=CC(=O)N(CCCCCCCC(=O)O)C1=O.[Zn]. The van der Waals surface area contributed by atoms with E-state index in [4.69, 9.17) is 20.4 Å². The number of hydrogen-bond donors (Lipinski definition) is 4. The van der Waals surface area contributed by atoms with Gasteiger partial charge in [-0.2, -0.15) is 0 Å². The topological polar surface area (TPSA) is 299 Å². The third-order valence-corrected chi connectivity index (χ3v) is 11.3. The molecule has 0 saturated heterocycles. The first-order valence-electron chi connectivity index (χ1n) is 24.1. The van der Waals surface area contributed by atoms with Crippen LogP contribution in [0.15, 0.2) is 46.6 Å². The summed E-state index contributed by atoms with van der Waals surface area (Å²) in [6.45, 7) is 8.34. The Labute approximate surface area is 428 Å². The second-order valence-electron chi connectivity index (χ2n) is 17.4. The first-order valence-corrected chi connectivity index (χ1v) is 24.1. The van der Waals surface area contributed by atoms with Crippen LogP contribution in [0, 0.1) is 0 Å². The van der Waals surface area contributed by atoms with Crippen LogP contribution >= 0.6 is 0 Å². The molecule has 0 aromatic rings. The molecule has 4 aliphatic rings. The molecule has 0 aliphatic carbocycles. The molecule has 8 amide bonds. The van der Waals surface area contributed by atoms with E-state index >= 15 is 0 Å². The summed E-state index contributed by atoms with van der Waals surface area (Å²) in [5.41, 5.74) is 1.98. The zero-order chi connectivity index (χ0) is 52.8. The molecule has 4 rings (SSSR count). The number of imide groups is 4. The predicted molar refractivity (Wildman–Crippen MR) is 254 cm³/mol. The molecule has 0 fully saturated rings. The molecular formula is C50H72N4O16Zn. The Bertz CT molecular complexity index is 1900. The summed E-state index contributed by atoms with van der Waals surface area (Å²) in [5.74, 6) is -4.79. The summed E-state index contributed by atoms with van der Waals surface area (Å²) in [4.78, 5) is 138. The van der Waals surface area contributed by atoms with Crippen molar-refractivity contribution in [2.75, 3.05) is 26.2 Å². The van der Waals surface area contributed by atoms with E-state index in [1.807, 2.05) is 0 Å². The standard InChI is InChI=1S/2C13H19NO4.2C12H17NO4.Zn/c2*1-10-9-11(15)14(13(10)18)8-6-4-2-3-5-7-12(16)17;2*1-9-8-10(14)13(12(9)17)7-5-3-2-4-6-11(15)16;/h2*9H,2-8H2,1H3,(H,16,17);2*8H,2-7H2,1H3,(H,15,16);. The van der Waals surface area contributed by atoms with Crippen molar-refractivity contribution < 1.29 is 97.4 Å². The summed E-state index contributed by atoms with van der Waals surface area (Å²) in [5, 5.41) is 33.8. The van der Waals surface area contributed by atoms with Gasteiger partial charge in [-0.3, -0.25) is 77.1 Å². The van der Waals surface area contributed by atoms with Gasteiger partial charge in [0.05, 0.1) is 0 Å². The number of carboxylic acid groups (broad SMARTS) is 4. The minimum absolute atomic E-state index is 0. The first kappa shape index (κ1) is 65.0. The summed E-state index contributed by atoms with van der Waals surface area (Å²) < 4.78 is 0. The Morgan fingerprint density at radius 3 is 0.606 bits per heavy atom. The number of rotatable bonds is 30. The van der Waals surface area contributed by atoms with Gasteiger partial charge in [-0.15, -0.1) is 0 Å². The predicted octanol–water partition coefficient (Wildman–Crippen LogP) is 6.12. The Morgan fingerprint density at radius 1 is 0.310 bits per heavy atom. The molecule has 0 unspecified atom stereocenters. The summed E-state index contributed by atoms with van der Waals surface area (Å²) >= 11 is 0. The molecule has 71 heavy (non-hydrogen) atoms. The third-order valence-electron chi connectivity index (χ3n) is 11.3. The van der Waals surface area contributed by atoms with Crippen molar-refractivity contribution in [3.8, 4) is 0 Å². The number of unbranched alkanes of at least 4 members (excludes halogenated alkanes) is 14. The van der Waals surface area contributed by atoms with Crippen LogP contribution in [0.4, 0.5) is 0 Å². The average Bonchev–Trinajstić information content (AvgIpc) is 3.88. The van der Waals surface area contributed by atoms with Crippen LogP contribution < -0.4 is 0 Å². The molecule has 4 heterocycles. The molecule has 4 aliphatic heterocycles. The van der Waals surface area contributed by atoms with Crippen LogP contribution in [0.3, 0.4) is 0 Å². The normalized spacial score (nSPS) is 15.0. The zero-order valence-electron chi connectivity index (χ0n) is 41.9. The quantitative estimate of drug-likeness (QED) is 0.0358. The fourth-order valence-electron chi connectivity index (χ4n) is 7.35. The Morgan fingerprint density at radius 2 is 0.465 bits per heavy atom. The van der Waals surface area contributed by atoms with Crippen molar-refractivity contribution in [2.24, 2.45) is 0 Å². The smallest absolute Gasteiger partial charge is 0.303 e. The number of aliphatic carboxylic acids is 4. The van der Waals surface area contributed by atoms with E-state index in [-0.39, 0.29) is 92.4 Å². The van der Waals surface area contributed by atoms with Crippen LogP contribution in [0.25, 0.3) is 0 Å². The van der Waals surface area contributed by atoms with E-state index in [0.717, 1.165) is 89.9 Å². The Balaban J connectivity index is 0.000000916. The Kier molecular flexibility index (Phi) is 33.0. The number of carbonyl (C=O) groups excluding carboxylic acids is 8. The van der Waals surface area contributed by atoms with Gasteiger partial charge in [0.1, 0.15) is 0 Å². The number of nitrogens with zero attached hydrogens (tertiary/aromatic N) is 4. The molecule has 4 N–H and O–H groups in total. The van der Waals surface area contributed by atoms with Gasteiger partial charge < -0.3 is 20.4 Å². The Hall–Kier alpha value is -5.98. The largest absolute Gasteiger partial charge is 0.481 e. The van der Waals surface area contributed by atoms with E-state index in [9.17, 15) is 57.5 Å². The second-order valence-corrected chi connectivity index (χ2v) is 17.4. The fourth-order valence-corrected chi connectivity index (χ4v) is 7.35. The number of carboxylic acids is 4. The second kappa shape index (κ2) is 36.0. The molecular weight excluding hydrogens is 978 g/mol. The van der Waals surface area contributed by atoms with Crippen molar-refractivity contribution in [1.29, 1.82) is 0 Å². The van der Waals surface area contributed by atoms with Gasteiger partial charge in [0, 0.05) is 118 Å². The van der Waals surface area contributed by atoms with Gasteiger partial charge in [-0.05, 0) is 79.1 Å². The van der Waals surface area contributed by atoms with E-state index in [0.29, 0.717) is 74.2 Å². The molecule has 0 radical (unpaired) electrons. The van der Waals surface area contributed by atoms with Crippen molar-refractivity contribution in [3.05, 3.63) is 46.6 Å². The van der Waals surface area contributed by atoms with Crippen LogP contribution in [-0.2, 0) is 77.0 Å².